The van der Waals surface area contributed by atoms with Crippen LogP contribution in [0, 0.1) is 0 Å². The molecular weight excluding hydrogens is 671 g/mol. The highest BCUT2D eigenvalue weighted by atomic mass is 35.5. The van der Waals surface area contributed by atoms with Crippen LogP contribution in [0.15, 0.2) is 78.9 Å². The van der Waals surface area contributed by atoms with Crippen LogP contribution in [0.5, 0.6) is 11.5 Å². The van der Waals surface area contributed by atoms with Crippen LogP contribution in [-0.2, 0) is 24.2 Å². The molecule has 4 aromatic carbocycles. The number of amides is 2. The van der Waals surface area contributed by atoms with Gasteiger partial charge in [0.25, 0.3) is 5.91 Å². The Morgan fingerprint density at radius 3 is 1.98 bits per heavy atom. The maximum Gasteiger partial charge on any atom is 0.410 e. The third-order valence-corrected chi connectivity index (χ3v) is 7.81. The summed E-state index contributed by atoms with van der Waals surface area (Å²) in [6.45, 7) is 18.9. The summed E-state index contributed by atoms with van der Waals surface area (Å²) in [6, 6.07) is 24.0. The van der Waals surface area contributed by atoms with E-state index in [1.807, 2.05) is 111 Å². The number of hydrogen-bond donors (Lipinski definition) is 2. The maximum absolute atomic E-state index is 13.6. The van der Waals surface area contributed by atoms with E-state index < -0.39 is 5.60 Å². The fourth-order valence-corrected chi connectivity index (χ4v) is 5.47. The average molecular weight is 724 g/mol. The fourth-order valence-electron chi connectivity index (χ4n) is 4.99. The molecule has 9 heteroatoms. The number of carbonyl (C=O) groups is 2. The van der Waals surface area contributed by atoms with Gasteiger partial charge in [-0.1, -0.05) is 107 Å². The molecule has 0 saturated heterocycles. The molecule has 7 nitrogen and oxygen atoms in total. The van der Waals surface area contributed by atoms with Crippen molar-refractivity contribution in [3.63, 3.8) is 0 Å². The Bertz CT molecular complexity index is 1660. The molecule has 0 aliphatic carbocycles. The molecule has 2 amide bonds. The molecule has 1 aliphatic heterocycles. The third-order valence-electron chi connectivity index (χ3n) is 7.23. The number of rotatable bonds is 6. The van der Waals surface area contributed by atoms with Gasteiger partial charge in [0.2, 0.25) is 0 Å². The molecule has 0 aromatic heterocycles. The molecule has 0 atom stereocenters. The van der Waals surface area contributed by atoms with Crippen LogP contribution in [-0.4, -0.2) is 40.7 Å². The summed E-state index contributed by atoms with van der Waals surface area (Å²) in [5, 5.41) is 13.3. The van der Waals surface area contributed by atoms with Crippen molar-refractivity contribution in [1.82, 2.24) is 4.90 Å². The lowest BCUT2D eigenvalue weighted by Gasteiger charge is -2.26. The molecule has 1 heterocycles. The number of ether oxygens (including phenoxy) is 2. The van der Waals surface area contributed by atoms with Crippen LogP contribution in [0.1, 0.15) is 89.4 Å². The summed E-state index contributed by atoms with van der Waals surface area (Å²) >= 11 is 12.4. The number of phenolic OH excluding ortho intramolecular Hbond substituents is 1. The summed E-state index contributed by atoms with van der Waals surface area (Å²) in [7, 11) is 0. The lowest BCUT2D eigenvalue weighted by atomic mass is 10.0. The zero-order valence-corrected chi connectivity index (χ0v) is 32.3. The first-order valence-corrected chi connectivity index (χ1v) is 18.1. The Morgan fingerprint density at radius 2 is 1.38 bits per heavy atom. The minimum Gasteiger partial charge on any atom is -0.505 e. The number of phenols is 1. The molecule has 270 valence electrons. The minimum atomic E-state index is -0.556. The third kappa shape index (κ3) is 12.0. The van der Waals surface area contributed by atoms with E-state index in [0.717, 1.165) is 16.7 Å². The largest absolute Gasteiger partial charge is 0.505 e. The zero-order valence-electron chi connectivity index (χ0n) is 30.8. The second-order valence-electron chi connectivity index (χ2n) is 11.7. The highest BCUT2D eigenvalue weighted by molar-refractivity contribution is 6.37. The number of anilines is 1. The molecule has 0 unspecified atom stereocenters. The highest BCUT2D eigenvalue weighted by Crippen LogP contribution is 2.38. The summed E-state index contributed by atoms with van der Waals surface area (Å²) in [6.07, 6.45) is 1.03. The molecule has 0 fully saturated rings. The van der Waals surface area contributed by atoms with Gasteiger partial charge in [0.05, 0.1) is 15.6 Å². The SMILES string of the molecule is CC.CC.CC.CC(C)(C)OC(=O)N1CCc2ccc(NC(=O)c3ccc(-c4cc(Cl)c(O)c(Cl)c4)cc3OCc3ccccc3)cc2CC1. The molecule has 0 radical (unpaired) electrons. The number of hydrogen-bond acceptors (Lipinski definition) is 5. The number of halogens is 2. The predicted molar refractivity (Wildman–Crippen MR) is 208 cm³/mol. The van der Waals surface area contributed by atoms with Crippen molar-refractivity contribution in [2.24, 2.45) is 0 Å². The van der Waals surface area contributed by atoms with Crippen LogP contribution in [0.3, 0.4) is 0 Å². The summed E-state index contributed by atoms with van der Waals surface area (Å²) in [5.41, 5.74) is 4.99. The summed E-state index contributed by atoms with van der Waals surface area (Å²) in [5.74, 6) is -0.135. The number of carbonyl (C=O) groups excluding carboxylic acids is 2. The van der Waals surface area contributed by atoms with Crippen LogP contribution in [0.25, 0.3) is 11.1 Å². The molecule has 0 spiro atoms. The van der Waals surface area contributed by atoms with Crippen LogP contribution >= 0.6 is 23.2 Å². The van der Waals surface area contributed by atoms with Gasteiger partial charge in [0, 0.05) is 18.8 Å². The van der Waals surface area contributed by atoms with Crippen molar-refractivity contribution in [2.75, 3.05) is 18.4 Å². The number of nitrogens with one attached hydrogen (secondary N) is 1. The number of aromatic hydroxyl groups is 1. The normalized spacial score (nSPS) is 11.9. The molecule has 0 bridgehead atoms. The van der Waals surface area contributed by atoms with Crippen molar-refractivity contribution >= 4 is 40.9 Å². The fraction of sp³-hybridized carbons (Fsp3) is 0.366. The second-order valence-corrected chi connectivity index (χ2v) is 12.5. The second kappa shape index (κ2) is 20.5. The van der Waals surface area contributed by atoms with E-state index in [0.29, 0.717) is 54.1 Å². The number of nitrogens with zero attached hydrogens (tertiary/aromatic N) is 1. The van der Waals surface area contributed by atoms with Crippen molar-refractivity contribution in [3.8, 4) is 22.6 Å². The molecule has 4 aromatic rings. The zero-order chi connectivity index (χ0) is 37.4. The average Bonchev–Trinajstić information content (AvgIpc) is 3.34. The quantitative estimate of drug-likeness (QED) is 0.207. The van der Waals surface area contributed by atoms with Gasteiger partial charge in [-0.2, -0.15) is 0 Å². The minimum absolute atomic E-state index is 0.124. The predicted octanol–water partition coefficient (Wildman–Crippen LogP) is 11.6. The first-order valence-electron chi connectivity index (χ1n) is 17.4. The molecule has 5 rings (SSSR count). The molecule has 2 N–H and O–H groups in total. The number of benzene rings is 4. The van der Waals surface area contributed by atoms with E-state index in [2.05, 4.69) is 5.32 Å². The van der Waals surface area contributed by atoms with Gasteiger partial charge in [-0.25, -0.2) is 4.79 Å². The first-order chi connectivity index (χ1) is 24.0. The van der Waals surface area contributed by atoms with E-state index in [1.165, 1.54) is 0 Å². The first kappa shape index (κ1) is 42.0. The lowest BCUT2D eigenvalue weighted by molar-refractivity contribution is 0.0258. The lowest BCUT2D eigenvalue weighted by Crippen LogP contribution is -2.38. The van der Waals surface area contributed by atoms with Crippen molar-refractivity contribution in [1.29, 1.82) is 0 Å². The smallest absolute Gasteiger partial charge is 0.410 e. The molecule has 50 heavy (non-hydrogen) atoms. The van der Waals surface area contributed by atoms with E-state index in [-0.39, 0.29) is 34.4 Å². The number of fused-ring (bicyclic) bond motifs is 1. The van der Waals surface area contributed by atoms with Gasteiger partial charge in [-0.15, -0.1) is 0 Å². The monoisotopic (exact) mass is 722 g/mol. The van der Waals surface area contributed by atoms with Gasteiger partial charge in [-0.05, 0) is 97.8 Å². The van der Waals surface area contributed by atoms with E-state index in [9.17, 15) is 14.7 Å². The molecular formula is C41H52Cl2N2O5. The van der Waals surface area contributed by atoms with Crippen molar-refractivity contribution < 1.29 is 24.2 Å². The molecule has 0 saturated carbocycles. The van der Waals surface area contributed by atoms with Gasteiger partial charge >= 0.3 is 6.09 Å². The van der Waals surface area contributed by atoms with Gasteiger partial charge in [-0.3, -0.25) is 4.79 Å². The Balaban J connectivity index is 0.00000137. The van der Waals surface area contributed by atoms with Gasteiger partial charge < -0.3 is 24.8 Å². The molecule has 1 aliphatic rings. The van der Waals surface area contributed by atoms with E-state index in [1.54, 1.807) is 35.2 Å². The van der Waals surface area contributed by atoms with Crippen molar-refractivity contribution in [3.05, 3.63) is 111 Å². The maximum atomic E-state index is 13.6. The van der Waals surface area contributed by atoms with E-state index in [4.69, 9.17) is 32.7 Å². The topological polar surface area (TPSA) is 88.1 Å². The Labute approximate surface area is 308 Å². The summed E-state index contributed by atoms with van der Waals surface area (Å²) in [4.78, 5) is 28.0. The van der Waals surface area contributed by atoms with Gasteiger partial charge in [0.1, 0.15) is 18.0 Å². The highest BCUT2D eigenvalue weighted by Gasteiger charge is 2.24. The van der Waals surface area contributed by atoms with Crippen LogP contribution in [0.4, 0.5) is 10.5 Å². The standard InChI is InChI=1S/C35H34Cl2N2O5.3C2H6/c1-35(2,3)44-34(42)39-15-13-23-9-11-27(17-25(23)14-16-39)38-33(41)28-12-10-24(26-18-29(36)32(40)30(37)19-26)20-31(28)43-21-22-7-5-4-6-8-22;3*1-2/h4-12,17-20,40H,13-16,21H2,1-3H3,(H,38,41);3*1-2H3. The van der Waals surface area contributed by atoms with Gasteiger partial charge in [0.15, 0.2) is 5.75 Å². The van der Waals surface area contributed by atoms with Crippen LogP contribution < -0.4 is 10.1 Å². The van der Waals surface area contributed by atoms with Crippen molar-refractivity contribution in [2.45, 2.75) is 87.4 Å². The van der Waals surface area contributed by atoms with Crippen LogP contribution in [0.2, 0.25) is 10.0 Å². The summed E-state index contributed by atoms with van der Waals surface area (Å²) < 4.78 is 11.7. The van der Waals surface area contributed by atoms with E-state index >= 15 is 0 Å². The Hall–Kier alpha value is -4.20. The Kier molecular flexibility index (Phi) is 17.2. The Morgan fingerprint density at radius 1 is 0.780 bits per heavy atom.